The number of H-pyrrole nitrogens is 1. The first-order valence-corrected chi connectivity index (χ1v) is 6.27. The Bertz CT molecular complexity index is 695. The summed E-state index contributed by atoms with van der Waals surface area (Å²) in [5, 5.41) is 17.7. The van der Waals surface area contributed by atoms with Crippen molar-refractivity contribution in [3.63, 3.8) is 0 Å². The summed E-state index contributed by atoms with van der Waals surface area (Å²) in [5.74, 6) is 0.676. The molecule has 21 heavy (non-hydrogen) atoms. The van der Waals surface area contributed by atoms with Gasteiger partial charge in [-0.2, -0.15) is 5.10 Å². The van der Waals surface area contributed by atoms with Crippen molar-refractivity contribution in [2.24, 2.45) is 0 Å². The van der Waals surface area contributed by atoms with Gasteiger partial charge in [0.25, 0.3) is 11.6 Å². The van der Waals surface area contributed by atoms with Crippen LogP contribution in [0.3, 0.4) is 0 Å². The van der Waals surface area contributed by atoms with Crippen LogP contribution in [-0.2, 0) is 6.54 Å². The van der Waals surface area contributed by atoms with Crippen molar-refractivity contribution in [1.29, 1.82) is 0 Å². The number of hydrogen-bond acceptors (Lipinski definition) is 5. The van der Waals surface area contributed by atoms with Crippen molar-refractivity contribution in [2.45, 2.75) is 20.4 Å². The van der Waals surface area contributed by atoms with Crippen LogP contribution in [0.2, 0.25) is 0 Å². The van der Waals surface area contributed by atoms with Crippen LogP contribution in [0.4, 0.5) is 5.69 Å². The monoisotopic (exact) mass is 289 g/mol. The highest BCUT2D eigenvalue weighted by atomic mass is 16.6. The van der Waals surface area contributed by atoms with Crippen LogP contribution in [0.1, 0.15) is 27.6 Å². The van der Waals surface area contributed by atoms with Crippen molar-refractivity contribution >= 4 is 11.6 Å². The molecule has 1 amide bonds. The predicted molar refractivity (Wildman–Crippen MR) is 74.8 cm³/mol. The molecule has 0 fully saturated rings. The number of nitro benzene ring substituents is 1. The van der Waals surface area contributed by atoms with Crippen LogP contribution in [0.25, 0.3) is 0 Å². The van der Waals surface area contributed by atoms with E-state index in [1.165, 1.54) is 11.0 Å². The highest BCUT2D eigenvalue weighted by Gasteiger charge is 2.25. The largest absolute Gasteiger partial charge is 0.334 e. The second-order valence-electron chi connectivity index (χ2n) is 4.72. The quantitative estimate of drug-likeness (QED) is 0.680. The average Bonchev–Trinajstić information content (AvgIpc) is 2.82. The van der Waals surface area contributed by atoms with Crippen LogP contribution in [0, 0.1) is 24.0 Å². The van der Waals surface area contributed by atoms with Crippen molar-refractivity contribution in [3.05, 3.63) is 51.1 Å². The van der Waals surface area contributed by atoms with E-state index < -0.39 is 10.8 Å². The molecular weight excluding hydrogens is 274 g/mol. The fraction of sp³-hybridized carbons (Fsp3) is 0.308. The fourth-order valence-electron chi connectivity index (χ4n) is 2.02. The van der Waals surface area contributed by atoms with E-state index in [1.54, 1.807) is 33.0 Å². The zero-order chi connectivity index (χ0) is 15.6. The van der Waals surface area contributed by atoms with Gasteiger partial charge in [-0.25, -0.2) is 4.98 Å². The Labute approximate surface area is 121 Å². The number of benzene rings is 1. The summed E-state index contributed by atoms with van der Waals surface area (Å²) in [6, 6.07) is 4.55. The fourth-order valence-corrected chi connectivity index (χ4v) is 2.02. The molecular formula is C13H15N5O3. The summed E-state index contributed by atoms with van der Waals surface area (Å²) in [6.45, 7) is 3.60. The van der Waals surface area contributed by atoms with Gasteiger partial charge >= 0.3 is 0 Å². The summed E-state index contributed by atoms with van der Waals surface area (Å²) < 4.78 is 0. The molecule has 0 aliphatic heterocycles. The molecule has 8 nitrogen and oxygen atoms in total. The molecule has 0 spiro atoms. The zero-order valence-corrected chi connectivity index (χ0v) is 12.0. The Hall–Kier alpha value is -2.77. The van der Waals surface area contributed by atoms with Crippen LogP contribution in [0.5, 0.6) is 0 Å². The minimum atomic E-state index is -0.551. The Morgan fingerprint density at radius 3 is 2.71 bits per heavy atom. The summed E-state index contributed by atoms with van der Waals surface area (Å²) in [6.07, 6.45) is 0. The number of nitrogens with zero attached hydrogens (tertiary/aromatic N) is 4. The lowest BCUT2D eigenvalue weighted by atomic mass is 10.1. The molecule has 1 heterocycles. The van der Waals surface area contributed by atoms with Gasteiger partial charge in [-0.05, 0) is 19.4 Å². The number of amides is 1. The van der Waals surface area contributed by atoms with E-state index in [-0.39, 0.29) is 17.8 Å². The third-order valence-electron chi connectivity index (χ3n) is 3.03. The van der Waals surface area contributed by atoms with Gasteiger partial charge in [0.05, 0.1) is 11.5 Å². The van der Waals surface area contributed by atoms with Crippen molar-refractivity contribution < 1.29 is 9.72 Å². The Morgan fingerprint density at radius 2 is 2.14 bits per heavy atom. The van der Waals surface area contributed by atoms with E-state index >= 15 is 0 Å². The molecule has 0 atom stereocenters. The van der Waals surface area contributed by atoms with Crippen LogP contribution >= 0.6 is 0 Å². The number of hydrogen-bond donors (Lipinski definition) is 1. The van der Waals surface area contributed by atoms with Crippen LogP contribution in [-0.4, -0.2) is 38.0 Å². The Balaban J connectivity index is 2.29. The first-order chi connectivity index (χ1) is 9.90. The second-order valence-corrected chi connectivity index (χ2v) is 4.72. The number of carbonyl (C=O) groups is 1. The third kappa shape index (κ3) is 3.04. The van der Waals surface area contributed by atoms with Crippen LogP contribution < -0.4 is 0 Å². The second kappa shape index (κ2) is 5.70. The van der Waals surface area contributed by atoms with E-state index in [2.05, 4.69) is 15.2 Å². The molecule has 2 rings (SSSR count). The minimum Gasteiger partial charge on any atom is -0.334 e. The van der Waals surface area contributed by atoms with Gasteiger partial charge in [-0.1, -0.05) is 12.1 Å². The van der Waals surface area contributed by atoms with Crippen molar-refractivity contribution in [1.82, 2.24) is 20.1 Å². The molecule has 0 aliphatic rings. The zero-order valence-electron chi connectivity index (χ0n) is 12.0. The van der Waals surface area contributed by atoms with Gasteiger partial charge in [0.1, 0.15) is 11.4 Å². The predicted octanol–water partition coefficient (Wildman–Crippen LogP) is 1.60. The number of aryl methyl sites for hydroxylation is 2. The number of nitro groups is 1. The van der Waals surface area contributed by atoms with E-state index in [1.807, 2.05) is 0 Å². The molecule has 2 aromatic rings. The van der Waals surface area contributed by atoms with Gasteiger partial charge < -0.3 is 4.90 Å². The Morgan fingerprint density at radius 1 is 1.43 bits per heavy atom. The molecule has 1 aromatic carbocycles. The maximum absolute atomic E-state index is 12.5. The first kappa shape index (κ1) is 14.6. The number of nitrogens with one attached hydrogen (secondary N) is 1. The van der Waals surface area contributed by atoms with E-state index in [4.69, 9.17) is 0 Å². The Kier molecular flexibility index (Phi) is 3.97. The average molecular weight is 289 g/mol. The standard InChI is InChI=1S/C13H15N5O3/c1-8-5-4-6-10(18(20)21)12(8)13(19)17(3)7-11-14-9(2)15-16-11/h4-6H,7H2,1-3H3,(H,14,15,16). The number of aromatic amines is 1. The lowest BCUT2D eigenvalue weighted by molar-refractivity contribution is -0.385. The van der Waals surface area contributed by atoms with Gasteiger partial charge in [0.15, 0.2) is 5.82 Å². The smallest absolute Gasteiger partial charge is 0.282 e. The van der Waals surface area contributed by atoms with E-state index in [9.17, 15) is 14.9 Å². The van der Waals surface area contributed by atoms with E-state index in [0.717, 1.165) is 0 Å². The molecule has 1 aromatic heterocycles. The molecule has 1 N–H and O–H groups in total. The van der Waals surface area contributed by atoms with Crippen LogP contribution in [0.15, 0.2) is 18.2 Å². The normalized spacial score (nSPS) is 10.4. The molecule has 110 valence electrons. The lowest BCUT2D eigenvalue weighted by Gasteiger charge is -2.16. The molecule has 0 bridgehead atoms. The summed E-state index contributed by atoms with van der Waals surface area (Å²) in [5.41, 5.74) is 0.461. The maximum Gasteiger partial charge on any atom is 0.282 e. The van der Waals surface area contributed by atoms with Crippen molar-refractivity contribution in [3.8, 4) is 0 Å². The molecule has 0 unspecified atom stereocenters. The SMILES string of the molecule is Cc1nc(CN(C)C(=O)c2c(C)cccc2[N+](=O)[O-])n[nH]1. The topological polar surface area (TPSA) is 105 Å². The van der Waals surface area contributed by atoms with Gasteiger partial charge in [-0.15, -0.1) is 0 Å². The molecule has 8 heteroatoms. The highest BCUT2D eigenvalue weighted by molar-refractivity contribution is 5.99. The van der Waals surface area contributed by atoms with Gasteiger partial charge in [0.2, 0.25) is 0 Å². The van der Waals surface area contributed by atoms with Crippen molar-refractivity contribution in [2.75, 3.05) is 7.05 Å². The minimum absolute atomic E-state index is 0.0947. The summed E-state index contributed by atoms with van der Waals surface area (Å²) >= 11 is 0. The van der Waals surface area contributed by atoms with E-state index in [0.29, 0.717) is 17.2 Å². The third-order valence-corrected chi connectivity index (χ3v) is 3.03. The molecule has 0 radical (unpaired) electrons. The highest BCUT2D eigenvalue weighted by Crippen LogP contribution is 2.23. The van der Waals surface area contributed by atoms with Gasteiger partial charge in [-0.3, -0.25) is 20.0 Å². The molecule has 0 aliphatic carbocycles. The first-order valence-electron chi connectivity index (χ1n) is 6.27. The number of carbonyl (C=O) groups excluding carboxylic acids is 1. The van der Waals surface area contributed by atoms with Gasteiger partial charge in [0, 0.05) is 13.1 Å². The number of rotatable bonds is 4. The maximum atomic E-state index is 12.5. The lowest BCUT2D eigenvalue weighted by Crippen LogP contribution is -2.28. The molecule has 0 saturated carbocycles. The number of aromatic nitrogens is 3. The molecule has 0 saturated heterocycles. The summed E-state index contributed by atoms with van der Waals surface area (Å²) in [4.78, 5) is 28.4. The summed E-state index contributed by atoms with van der Waals surface area (Å²) in [7, 11) is 1.56.